The van der Waals surface area contributed by atoms with E-state index in [9.17, 15) is 9.59 Å². The molecule has 6 heteroatoms. The molecule has 0 radical (unpaired) electrons. The Kier molecular flexibility index (Phi) is 5.17. The number of hydrogen-bond donors (Lipinski definition) is 2. The van der Waals surface area contributed by atoms with Crippen molar-refractivity contribution < 1.29 is 24.2 Å². The predicted molar refractivity (Wildman–Crippen MR) is 68.5 cm³/mol. The number of rotatable bonds is 6. The van der Waals surface area contributed by atoms with Gasteiger partial charge in [-0.25, -0.2) is 4.79 Å². The van der Waals surface area contributed by atoms with Crippen molar-refractivity contribution >= 4 is 11.9 Å². The molecule has 1 atom stereocenters. The third-order valence-electron chi connectivity index (χ3n) is 2.56. The Morgan fingerprint density at radius 1 is 1.26 bits per heavy atom. The summed E-state index contributed by atoms with van der Waals surface area (Å²) in [6, 6.07) is 4.16. The maximum absolute atomic E-state index is 11.0. The van der Waals surface area contributed by atoms with E-state index in [-0.39, 0.29) is 12.3 Å². The molecule has 0 saturated carbocycles. The first-order chi connectivity index (χ1) is 8.97. The highest BCUT2D eigenvalue weighted by molar-refractivity contribution is 5.82. The zero-order chi connectivity index (χ0) is 14.4. The molecule has 0 aromatic heterocycles. The summed E-state index contributed by atoms with van der Waals surface area (Å²) in [6.07, 6.45) is 0.176. The van der Waals surface area contributed by atoms with Crippen LogP contribution in [0, 0.1) is 0 Å². The van der Waals surface area contributed by atoms with E-state index in [0.29, 0.717) is 11.5 Å². The second-order valence-electron chi connectivity index (χ2n) is 3.98. The van der Waals surface area contributed by atoms with E-state index in [2.05, 4.69) is 5.32 Å². The van der Waals surface area contributed by atoms with Crippen LogP contribution >= 0.6 is 0 Å². The van der Waals surface area contributed by atoms with E-state index in [4.69, 9.17) is 14.6 Å². The quantitative estimate of drug-likeness (QED) is 0.797. The van der Waals surface area contributed by atoms with Gasteiger partial charge in [-0.15, -0.1) is 0 Å². The van der Waals surface area contributed by atoms with E-state index in [1.807, 2.05) is 0 Å². The molecule has 0 unspecified atom stereocenters. The van der Waals surface area contributed by atoms with Crippen molar-refractivity contribution in [1.29, 1.82) is 0 Å². The van der Waals surface area contributed by atoms with E-state index in [1.165, 1.54) is 21.1 Å². The van der Waals surface area contributed by atoms with Crippen LogP contribution in [-0.4, -0.2) is 37.2 Å². The molecule has 0 saturated heterocycles. The van der Waals surface area contributed by atoms with Gasteiger partial charge in [-0.3, -0.25) is 4.79 Å². The fourth-order valence-corrected chi connectivity index (χ4v) is 1.69. The van der Waals surface area contributed by atoms with Crippen LogP contribution in [0.2, 0.25) is 0 Å². The first kappa shape index (κ1) is 14.8. The zero-order valence-corrected chi connectivity index (χ0v) is 11.1. The average Bonchev–Trinajstić information content (AvgIpc) is 2.37. The lowest BCUT2D eigenvalue weighted by atomic mass is 10.1. The molecule has 0 heterocycles. The van der Waals surface area contributed by atoms with Crippen molar-refractivity contribution in [2.24, 2.45) is 0 Å². The van der Waals surface area contributed by atoms with Crippen molar-refractivity contribution in [3.05, 3.63) is 23.8 Å². The molecule has 0 bridgehead atoms. The number of benzene rings is 1. The number of carbonyl (C=O) groups excluding carboxylic acids is 1. The highest BCUT2D eigenvalue weighted by atomic mass is 16.5. The third kappa shape index (κ3) is 4.17. The smallest absolute Gasteiger partial charge is 0.326 e. The second-order valence-corrected chi connectivity index (χ2v) is 3.98. The summed E-state index contributed by atoms with van der Waals surface area (Å²) in [7, 11) is 3.03. The fraction of sp³-hybridized carbons (Fsp3) is 0.385. The lowest BCUT2D eigenvalue weighted by Crippen LogP contribution is -2.41. The van der Waals surface area contributed by atoms with Crippen LogP contribution in [0.5, 0.6) is 11.5 Å². The Labute approximate surface area is 111 Å². The summed E-state index contributed by atoms with van der Waals surface area (Å²) in [5.74, 6) is -0.373. The zero-order valence-electron chi connectivity index (χ0n) is 11.1. The fourth-order valence-electron chi connectivity index (χ4n) is 1.69. The molecular weight excluding hydrogens is 250 g/mol. The first-order valence-corrected chi connectivity index (χ1v) is 5.68. The Morgan fingerprint density at radius 2 is 1.89 bits per heavy atom. The number of amides is 1. The number of ether oxygens (including phenoxy) is 2. The molecule has 6 nitrogen and oxygen atoms in total. The van der Waals surface area contributed by atoms with Gasteiger partial charge in [0.15, 0.2) is 11.5 Å². The molecule has 0 spiro atoms. The Balaban J connectivity index is 2.90. The Bertz CT molecular complexity index is 472. The molecule has 104 valence electrons. The minimum absolute atomic E-state index is 0.176. The van der Waals surface area contributed by atoms with Gasteiger partial charge in [0, 0.05) is 13.3 Å². The number of carbonyl (C=O) groups is 2. The highest BCUT2D eigenvalue weighted by Crippen LogP contribution is 2.27. The third-order valence-corrected chi connectivity index (χ3v) is 2.56. The van der Waals surface area contributed by atoms with Crippen molar-refractivity contribution in [2.75, 3.05) is 14.2 Å². The number of methoxy groups -OCH3 is 2. The molecule has 0 aliphatic heterocycles. The van der Waals surface area contributed by atoms with Gasteiger partial charge in [-0.2, -0.15) is 0 Å². The van der Waals surface area contributed by atoms with Crippen LogP contribution in [0.1, 0.15) is 12.5 Å². The largest absolute Gasteiger partial charge is 0.493 e. The van der Waals surface area contributed by atoms with Crippen molar-refractivity contribution in [3.8, 4) is 11.5 Å². The molecular formula is C13H17NO5. The highest BCUT2D eigenvalue weighted by Gasteiger charge is 2.19. The van der Waals surface area contributed by atoms with Gasteiger partial charge in [0.05, 0.1) is 14.2 Å². The standard InChI is InChI=1S/C13H17NO5/c1-8(15)14-10(13(16)17)6-9-4-5-11(18-2)12(7-9)19-3/h4-5,7,10H,6H2,1-3H3,(H,14,15)(H,16,17)/t10-/m0/s1. The average molecular weight is 267 g/mol. The molecule has 1 amide bonds. The summed E-state index contributed by atoms with van der Waals surface area (Å²) in [4.78, 5) is 22.0. The number of nitrogens with one attached hydrogen (secondary N) is 1. The van der Waals surface area contributed by atoms with E-state index < -0.39 is 12.0 Å². The van der Waals surface area contributed by atoms with Gasteiger partial charge in [0.1, 0.15) is 6.04 Å². The topological polar surface area (TPSA) is 84.9 Å². The van der Waals surface area contributed by atoms with E-state index in [0.717, 1.165) is 5.56 Å². The van der Waals surface area contributed by atoms with Gasteiger partial charge in [0.25, 0.3) is 0 Å². The normalized spacial score (nSPS) is 11.5. The maximum Gasteiger partial charge on any atom is 0.326 e. The van der Waals surface area contributed by atoms with Crippen LogP contribution in [-0.2, 0) is 16.0 Å². The minimum atomic E-state index is -1.08. The molecule has 0 aliphatic carbocycles. The van der Waals surface area contributed by atoms with Crippen molar-refractivity contribution in [1.82, 2.24) is 5.32 Å². The second kappa shape index (κ2) is 6.63. The van der Waals surface area contributed by atoms with Gasteiger partial charge in [0.2, 0.25) is 5.91 Å². The summed E-state index contributed by atoms with van der Waals surface area (Å²) >= 11 is 0. The first-order valence-electron chi connectivity index (χ1n) is 5.68. The predicted octanol–water partition coefficient (Wildman–Crippen LogP) is 0.836. The van der Waals surface area contributed by atoms with Crippen LogP contribution in [0.3, 0.4) is 0 Å². The van der Waals surface area contributed by atoms with Crippen molar-refractivity contribution in [2.45, 2.75) is 19.4 Å². The molecule has 1 aromatic rings. The molecule has 1 rings (SSSR count). The molecule has 0 aliphatic rings. The van der Waals surface area contributed by atoms with Gasteiger partial charge < -0.3 is 19.9 Å². The van der Waals surface area contributed by atoms with E-state index in [1.54, 1.807) is 18.2 Å². The summed E-state index contributed by atoms with van der Waals surface area (Å²) in [5.41, 5.74) is 0.735. The molecule has 0 fully saturated rings. The van der Waals surface area contributed by atoms with Crippen molar-refractivity contribution in [3.63, 3.8) is 0 Å². The SMILES string of the molecule is COc1ccc(C[C@H](NC(C)=O)C(=O)O)cc1OC. The van der Waals surface area contributed by atoms with E-state index >= 15 is 0 Å². The number of hydrogen-bond acceptors (Lipinski definition) is 4. The van der Waals surface area contributed by atoms with Crippen LogP contribution < -0.4 is 14.8 Å². The number of carboxylic acid groups (broad SMARTS) is 1. The number of aliphatic carboxylic acids is 1. The lowest BCUT2D eigenvalue weighted by molar-refractivity contribution is -0.141. The monoisotopic (exact) mass is 267 g/mol. The van der Waals surface area contributed by atoms with Gasteiger partial charge >= 0.3 is 5.97 Å². The molecule has 2 N–H and O–H groups in total. The summed E-state index contributed by atoms with van der Waals surface area (Å²) < 4.78 is 10.2. The minimum Gasteiger partial charge on any atom is -0.493 e. The van der Waals surface area contributed by atoms with Gasteiger partial charge in [-0.1, -0.05) is 6.07 Å². The summed E-state index contributed by atoms with van der Waals surface area (Å²) in [6.45, 7) is 1.28. The Morgan fingerprint density at radius 3 is 2.37 bits per heavy atom. The van der Waals surface area contributed by atoms with Crippen LogP contribution in [0.25, 0.3) is 0 Å². The Hall–Kier alpha value is -2.24. The molecule has 19 heavy (non-hydrogen) atoms. The number of carboxylic acids is 1. The van der Waals surface area contributed by atoms with Crippen LogP contribution in [0.4, 0.5) is 0 Å². The molecule has 1 aromatic carbocycles. The van der Waals surface area contributed by atoms with Crippen LogP contribution in [0.15, 0.2) is 18.2 Å². The summed E-state index contributed by atoms with van der Waals surface area (Å²) in [5, 5.41) is 11.4. The lowest BCUT2D eigenvalue weighted by Gasteiger charge is -2.14. The van der Waals surface area contributed by atoms with Gasteiger partial charge in [-0.05, 0) is 17.7 Å². The maximum atomic E-state index is 11.0.